The fraction of sp³-hybridized carbons (Fsp3) is 0.207. The number of nitrogens with one attached hydrogen (secondary N) is 3. The molecule has 1 atom stereocenters. The van der Waals surface area contributed by atoms with Crippen molar-refractivity contribution in [2.24, 2.45) is 5.92 Å². The molecule has 4 N–H and O–H groups in total. The molecule has 6 aromatic rings. The zero-order chi connectivity index (χ0) is 25.5. The van der Waals surface area contributed by atoms with Crippen molar-refractivity contribution in [1.82, 2.24) is 35.1 Å². The number of anilines is 1. The normalized spacial score (nSPS) is 14.9. The Hall–Kier alpha value is -4.63. The van der Waals surface area contributed by atoms with Crippen LogP contribution in [0.5, 0.6) is 0 Å². The summed E-state index contributed by atoms with van der Waals surface area (Å²) in [6.07, 6.45) is 11.0. The molecule has 38 heavy (non-hydrogen) atoms. The second-order valence-electron chi connectivity index (χ2n) is 9.79. The molecule has 9 heteroatoms. The number of para-hydroxylation sites is 1. The zero-order valence-electron chi connectivity index (χ0n) is 20.6. The quantitative estimate of drug-likeness (QED) is 0.220. The molecule has 0 saturated heterocycles. The number of aliphatic hydroxyl groups excluding tert-OH is 1. The molecule has 7 rings (SSSR count). The van der Waals surface area contributed by atoms with Crippen molar-refractivity contribution in [2.75, 3.05) is 5.32 Å². The molecule has 5 aromatic heterocycles. The summed E-state index contributed by atoms with van der Waals surface area (Å²) < 4.78 is 0. The summed E-state index contributed by atoms with van der Waals surface area (Å²) in [5, 5.41) is 22.2. The highest BCUT2D eigenvalue weighted by molar-refractivity contribution is 5.96. The number of H-pyrrole nitrogens is 2. The van der Waals surface area contributed by atoms with Crippen molar-refractivity contribution < 1.29 is 5.11 Å². The molecule has 1 saturated carbocycles. The third-order valence-electron chi connectivity index (χ3n) is 7.33. The number of aliphatic hydroxyl groups is 1. The van der Waals surface area contributed by atoms with Crippen molar-refractivity contribution in [1.29, 1.82) is 0 Å². The van der Waals surface area contributed by atoms with E-state index in [9.17, 15) is 5.11 Å². The van der Waals surface area contributed by atoms with Crippen molar-refractivity contribution in [3.63, 3.8) is 0 Å². The van der Waals surface area contributed by atoms with E-state index >= 15 is 0 Å². The lowest BCUT2D eigenvalue weighted by atomic mass is 10.1. The van der Waals surface area contributed by atoms with Gasteiger partial charge in [0.1, 0.15) is 11.9 Å². The Morgan fingerprint density at radius 1 is 0.947 bits per heavy atom. The van der Waals surface area contributed by atoms with E-state index in [0.717, 1.165) is 63.0 Å². The van der Waals surface area contributed by atoms with Crippen LogP contribution in [0, 0.1) is 5.92 Å². The Labute approximate surface area is 218 Å². The standard InChI is InChI=1S/C29H26N8O/c38-29(17-6-1-2-7-17)33-20-12-18(14-30-16-20)19-13-22-26(36-37-27(22)32-15-19)28-34-24-10-5-8-21(25(24)35-28)23-9-3-4-11-31-23/h3-5,8-17,29,33,38H,1-2,6-7H2,(H,34,35)(H,32,36,37). The average molecular weight is 503 g/mol. The number of rotatable bonds is 6. The fourth-order valence-electron chi connectivity index (χ4n) is 5.36. The molecular formula is C29H26N8O. The maximum absolute atomic E-state index is 10.6. The number of pyridine rings is 3. The molecule has 1 aliphatic rings. The van der Waals surface area contributed by atoms with Crippen LogP contribution in [0.15, 0.2) is 73.3 Å². The van der Waals surface area contributed by atoms with Crippen LogP contribution < -0.4 is 5.32 Å². The Kier molecular flexibility index (Phi) is 5.55. The Morgan fingerprint density at radius 3 is 2.71 bits per heavy atom. The van der Waals surface area contributed by atoms with E-state index in [4.69, 9.17) is 4.98 Å². The highest BCUT2D eigenvalue weighted by Gasteiger charge is 2.23. The Balaban J connectivity index is 1.24. The molecule has 188 valence electrons. The first-order valence-electron chi connectivity index (χ1n) is 12.9. The van der Waals surface area contributed by atoms with Gasteiger partial charge in [0, 0.05) is 41.2 Å². The lowest BCUT2D eigenvalue weighted by Crippen LogP contribution is -2.26. The van der Waals surface area contributed by atoms with Gasteiger partial charge in [0.2, 0.25) is 0 Å². The first-order chi connectivity index (χ1) is 18.7. The van der Waals surface area contributed by atoms with E-state index in [2.05, 4.69) is 35.5 Å². The van der Waals surface area contributed by atoms with E-state index in [0.29, 0.717) is 11.5 Å². The average Bonchev–Trinajstić information content (AvgIpc) is 3.73. The van der Waals surface area contributed by atoms with Gasteiger partial charge in [-0.25, -0.2) is 9.97 Å². The van der Waals surface area contributed by atoms with Crippen LogP contribution in [0.1, 0.15) is 25.7 Å². The second-order valence-corrected chi connectivity index (χ2v) is 9.79. The third-order valence-corrected chi connectivity index (χ3v) is 7.33. The van der Waals surface area contributed by atoms with Gasteiger partial charge in [-0.05, 0) is 43.2 Å². The maximum Gasteiger partial charge on any atom is 0.181 e. The van der Waals surface area contributed by atoms with Crippen LogP contribution in [0.3, 0.4) is 0 Å². The van der Waals surface area contributed by atoms with Gasteiger partial charge in [0.25, 0.3) is 0 Å². The molecule has 1 fully saturated rings. The minimum atomic E-state index is -0.570. The minimum absolute atomic E-state index is 0.284. The second kappa shape index (κ2) is 9.35. The van der Waals surface area contributed by atoms with E-state index in [1.165, 1.54) is 12.8 Å². The number of fused-ring (bicyclic) bond motifs is 2. The topological polar surface area (TPSA) is 128 Å². The molecular weight excluding hydrogens is 476 g/mol. The largest absolute Gasteiger partial charge is 0.374 e. The predicted molar refractivity (Wildman–Crippen MR) is 147 cm³/mol. The summed E-state index contributed by atoms with van der Waals surface area (Å²) in [5.41, 5.74) is 7.54. The molecule has 0 amide bonds. The highest BCUT2D eigenvalue weighted by atomic mass is 16.3. The molecule has 0 spiro atoms. The SMILES string of the molecule is OC(Nc1cncc(-c2cnc3n[nH]c(-c4nc5c(-c6ccccn6)cccc5[nH]4)c3c2)c1)C1CCCC1. The van der Waals surface area contributed by atoms with E-state index in [1.54, 1.807) is 24.8 Å². The number of imidazole rings is 1. The number of aromatic nitrogens is 7. The van der Waals surface area contributed by atoms with Gasteiger partial charge in [-0.1, -0.05) is 31.0 Å². The summed E-state index contributed by atoms with van der Waals surface area (Å²) in [4.78, 5) is 21.8. The number of benzene rings is 1. The van der Waals surface area contributed by atoms with Gasteiger partial charge < -0.3 is 15.4 Å². The summed E-state index contributed by atoms with van der Waals surface area (Å²) in [6.45, 7) is 0. The molecule has 9 nitrogen and oxygen atoms in total. The number of nitrogens with zero attached hydrogens (tertiary/aromatic N) is 5. The highest BCUT2D eigenvalue weighted by Crippen LogP contribution is 2.33. The number of aromatic amines is 2. The van der Waals surface area contributed by atoms with Gasteiger partial charge in [0.05, 0.1) is 34.0 Å². The van der Waals surface area contributed by atoms with Crippen LogP contribution in [-0.2, 0) is 0 Å². The Morgan fingerprint density at radius 2 is 1.84 bits per heavy atom. The lowest BCUT2D eigenvalue weighted by Gasteiger charge is -2.20. The van der Waals surface area contributed by atoms with Crippen molar-refractivity contribution in [2.45, 2.75) is 31.9 Å². The van der Waals surface area contributed by atoms with Crippen LogP contribution in [0.25, 0.3) is 56.0 Å². The van der Waals surface area contributed by atoms with Crippen molar-refractivity contribution in [3.05, 3.63) is 73.3 Å². The maximum atomic E-state index is 10.6. The number of hydrogen-bond acceptors (Lipinski definition) is 7. The monoisotopic (exact) mass is 502 g/mol. The lowest BCUT2D eigenvalue weighted by molar-refractivity contribution is 0.137. The summed E-state index contributed by atoms with van der Waals surface area (Å²) in [6, 6.07) is 15.9. The van der Waals surface area contributed by atoms with E-state index in [-0.39, 0.29) is 5.92 Å². The molecule has 5 heterocycles. The van der Waals surface area contributed by atoms with E-state index < -0.39 is 6.23 Å². The molecule has 1 aromatic carbocycles. The number of hydrogen-bond donors (Lipinski definition) is 4. The first-order valence-corrected chi connectivity index (χ1v) is 12.9. The summed E-state index contributed by atoms with van der Waals surface area (Å²) in [5.74, 6) is 0.963. The molecule has 1 unspecified atom stereocenters. The molecule has 0 radical (unpaired) electrons. The minimum Gasteiger partial charge on any atom is -0.374 e. The summed E-state index contributed by atoms with van der Waals surface area (Å²) in [7, 11) is 0. The van der Waals surface area contributed by atoms with Crippen molar-refractivity contribution in [3.8, 4) is 33.9 Å². The van der Waals surface area contributed by atoms with Gasteiger partial charge in [0.15, 0.2) is 11.5 Å². The van der Waals surface area contributed by atoms with Crippen molar-refractivity contribution >= 4 is 27.8 Å². The Bertz CT molecular complexity index is 1740. The van der Waals surface area contributed by atoms with Crippen LogP contribution in [-0.4, -0.2) is 46.5 Å². The van der Waals surface area contributed by atoms with Gasteiger partial charge in [-0.15, -0.1) is 0 Å². The predicted octanol–water partition coefficient (Wildman–Crippen LogP) is 5.55. The zero-order valence-corrected chi connectivity index (χ0v) is 20.6. The summed E-state index contributed by atoms with van der Waals surface area (Å²) >= 11 is 0. The van der Waals surface area contributed by atoms with Crippen LogP contribution in [0.4, 0.5) is 5.69 Å². The first kappa shape index (κ1) is 22.6. The molecule has 0 aliphatic heterocycles. The third kappa shape index (κ3) is 4.06. The molecule has 1 aliphatic carbocycles. The van der Waals surface area contributed by atoms with Gasteiger partial charge in [-0.3, -0.25) is 15.1 Å². The fourth-order valence-corrected chi connectivity index (χ4v) is 5.36. The van der Waals surface area contributed by atoms with Gasteiger partial charge >= 0.3 is 0 Å². The van der Waals surface area contributed by atoms with E-state index in [1.807, 2.05) is 48.5 Å². The smallest absolute Gasteiger partial charge is 0.181 e. The van der Waals surface area contributed by atoms with Crippen LogP contribution in [0.2, 0.25) is 0 Å². The van der Waals surface area contributed by atoms with Crippen LogP contribution >= 0.6 is 0 Å². The molecule has 0 bridgehead atoms. The van der Waals surface area contributed by atoms with Gasteiger partial charge in [-0.2, -0.15) is 5.10 Å².